The fourth-order valence-corrected chi connectivity index (χ4v) is 3.84. The van der Waals surface area contributed by atoms with Crippen LogP contribution in [-0.2, 0) is 9.59 Å². The van der Waals surface area contributed by atoms with Gasteiger partial charge in [0, 0.05) is 10.9 Å². The lowest BCUT2D eigenvalue weighted by Crippen LogP contribution is -2.43. The molecule has 0 atom stereocenters. The van der Waals surface area contributed by atoms with Crippen LogP contribution in [0, 0.1) is 6.92 Å². The van der Waals surface area contributed by atoms with Crippen molar-refractivity contribution in [2.45, 2.75) is 13.8 Å². The highest BCUT2D eigenvalue weighted by Crippen LogP contribution is 2.36. The van der Waals surface area contributed by atoms with Gasteiger partial charge in [0.2, 0.25) is 5.91 Å². The number of amides is 2. The van der Waals surface area contributed by atoms with Crippen LogP contribution in [0.4, 0.5) is 11.4 Å². The van der Waals surface area contributed by atoms with E-state index in [9.17, 15) is 9.59 Å². The van der Waals surface area contributed by atoms with Gasteiger partial charge < -0.3 is 14.8 Å². The Morgan fingerprint density at radius 1 is 1.30 bits per heavy atom. The van der Waals surface area contributed by atoms with Crippen molar-refractivity contribution in [2.75, 3.05) is 30.0 Å². The first-order valence-corrected chi connectivity index (χ1v) is 10.4. The van der Waals surface area contributed by atoms with Crippen molar-refractivity contribution in [2.24, 2.45) is 0 Å². The van der Waals surface area contributed by atoms with Crippen LogP contribution in [0.3, 0.4) is 0 Å². The monoisotopic (exact) mass is 423 g/mol. The lowest BCUT2D eigenvalue weighted by Gasteiger charge is -2.29. The number of ether oxygens (including phenoxy) is 2. The molecule has 3 aromatic rings. The predicted octanol–water partition coefficient (Wildman–Crippen LogP) is 3.88. The number of hydrogen-bond donors (Lipinski definition) is 1. The van der Waals surface area contributed by atoms with Gasteiger partial charge in [0.15, 0.2) is 6.61 Å². The first kappa shape index (κ1) is 19.9. The summed E-state index contributed by atoms with van der Waals surface area (Å²) in [5.74, 6) is 0.552. The van der Waals surface area contributed by atoms with Crippen LogP contribution in [0.2, 0.25) is 0 Å². The van der Waals surface area contributed by atoms with Crippen LogP contribution >= 0.6 is 11.3 Å². The van der Waals surface area contributed by atoms with Crippen LogP contribution in [0.25, 0.3) is 11.3 Å². The summed E-state index contributed by atoms with van der Waals surface area (Å²) >= 11 is 1.56. The van der Waals surface area contributed by atoms with Gasteiger partial charge in [-0.25, -0.2) is 4.98 Å². The van der Waals surface area contributed by atoms with E-state index in [1.165, 1.54) is 4.90 Å². The molecule has 0 unspecified atom stereocenters. The molecule has 0 aliphatic carbocycles. The molecule has 2 heterocycles. The van der Waals surface area contributed by atoms with Crippen LogP contribution < -0.4 is 19.7 Å². The van der Waals surface area contributed by atoms with Crippen molar-refractivity contribution in [3.05, 3.63) is 52.9 Å². The maximum absolute atomic E-state index is 12.7. The molecular weight excluding hydrogens is 402 g/mol. The zero-order chi connectivity index (χ0) is 21.1. The second kappa shape index (κ2) is 8.54. The molecule has 2 amide bonds. The Morgan fingerprint density at radius 2 is 2.13 bits per heavy atom. The van der Waals surface area contributed by atoms with E-state index in [1.54, 1.807) is 29.5 Å². The number of para-hydroxylation sites is 2. The number of fused-ring (bicyclic) bond motifs is 1. The predicted molar refractivity (Wildman–Crippen MR) is 116 cm³/mol. The summed E-state index contributed by atoms with van der Waals surface area (Å²) in [5, 5.41) is 5.75. The Kier molecular flexibility index (Phi) is 5.67. The van der Waals surface area contributed by atoms with Gasteiger partial charge in [-0.1, -0.05) is 12.1 Å². The van der Waals surface area contributed by atoms with Crippen LogP contribution in [0.1, 0.15) is 11.9 Å². The quantitative estimate of drug-likeness (QED) is 0.651. The Labute approximate surface area is 178 Å². The average Bonchev–Trinajstić information content (AvgIpc) is 3.18. The molecule has 0 bridgehead atoms. The molecule has 7 nitrogen and oxygen atoms in total. The number of carbonyl (C=O) groups is 2. The molecule has 30 heavy (non-hydrogen) atoms. The highest BCUT2D eigenvalue weighted by Gasteiger charge is 2.28. The largest absolute Gasteiger partial charge is 0.492 e. The highest BCUT2D eigenvalue weighted by molar-refractivity contribution is 7.09. The van der Waals surface area contributed by atoms with Gasteiger partial charge in [-0.15, -0.1) is 11.3 Å². The normalized spacial score (nSPS) is 12.9. The molecule has 0 saturated heterocycles. The van der Waals surface area contributed by atoms with Gasteiger partial charge in [-0.2, -0.15) is 0 Å². The van der Waals surface area contributed by atoms with Crippen LogP contribution in [0.5, 0.6) is 11.5 Å². The second-order valence-corrected chi connectivity index (χ2v) is 7.74. The molecule has 2 aromatic carbocycles. The molecule has 154 valence electrons. The maximum Gasteiger partial charge on any atom is 0.265 e. The number of anilines is 2. The topological polar surface area (TPSA) is 80.8 Å². The zero-order valence-corrected chi connectivity index (χ0v) is 17.5. The highest BCUT2D eigenvalue weighted by atomic mass is 32.1. The Hall–Kier alpha value is -3.39. The maximum atomic E-state index is 12.7. The number of aromatic nitrogens is 1. The fraction of sp³-hybridized carbons (Fsp3) is 0.227. The summed E-state index contributed by atoms with van der Waals surface area (Å²) in [5.41, 5.74) is 2.82. The van der Waals surface area contributed by atoms with E-state index in [0.717, 1.165) is 16.3 Å². The van der Waals surface area contributed by atoms with Crippen molar-refractivity contribution in [3.8, 4) is 22.8 Å². The standard InChI is InChI=1S/C22H21N3O4S/c1-3-28-19-7-5-4-6-16(19)24-21(26)11-25-18-10-15(17-13-30-14(2)23-17)8-9-20(18)29-12-22(25)27/h4-10,13H,3,11-12H2,1-2H3,(H,24,26). The summed E-state index contributed by atoms with van der Waals surface area (Å²) < 4.78 is 11.1. The summed E-state index contributed by atoms with van der Waals surface area (Å²) in [4.78, 5) is 31.2. The molecule has 8 heteroatoms. The zero-order valence-electron chi connectivity index (χ0n) is 16.7. The van der Waals surface area contributed by atoms with Crippen molar-refractivity contribution in [1.82, 2.24) is 4.98 Å². The number of nitrogens with one attached hydrogen (secondary N) is 1. The summed E-state index contributed by atoms with van der Waals surface area (Å²) in [7, 11) is 0. The smallest absolute Gasteiger partial charge is 0.265 e. The SMILES string of the molecule is CCOc1ccccc1NC(=O)CN1C(=O)COc2ccc(-c3csc(C)n3)cc21. The van der Waals surface area contributed by atoms with E-state index in [1.807, 2.05) is 43.5 Å². The number of benzene rings is 2. The Balaban J connectivity index is 1.58. The Bertz CT molecular complexity index is 1100. The van der Waals surface area contributed by atoms with Crippen molar-refractivity contribution >= 4 is 34.5 Å². The van der Waals surface area contributed by atoms with Crippen molar-refractivity contribution in [3.63, 3.8) is 0 Å². The average molecular weight is 423 g/mol. The minimum absolute atomic E-state index is 0.106. The molecular formula is C22H21N3O4S. The number of nitrogens with zero attached hydrogens (tertiary/aromatic N) is 2. The van der Waals surface area contributed by atoms with Gasteiger partial charge >= 0.3 is 0 Å². The molecule has 1 aromatic heterocycles. The van der Waals surface area contributed by atoms with Gasteiger partial charge in [0.25, 0.3) is 5.91 Å². The number of thiazole rings is 1. The fourth-order valence-electron chi connectivity index (χ4n) is 3.22. The molecule has 1 aliphatic rings. The lowest BCUT2D eigenvalue weighted by atomic mass is 10.1. The molecule has 0 fully saturated rings. The molecule has 0 radical (unpaired) electrons. The third kappa shape index (κ3) is 4.13. The third-order valence-electron chi connectivity index (χ3n) is 4.58. The van der Waals surface area contributed by atoms with Gasteiger partial charge in [-0.3, -0.25) is 14.5 Å². The van der Waals surface area contributed by atoms with E-state index in [2.05, 4.69) is 10.3 Å². The lowest BCUT2D eigenvalue weighted by molar-refractivity contribution is -0.123. The summed E-state index contributed by atoms with van der Waals surface area (Å²) in [6.07, 6.45) is 0. The van der Waals surface area contributed by atoms with Gasteiger partial charge in [0.05, 0.1) is 28.7 Å². The van der Waals surface area contributed by atoms with E-state index in [4.69, 9.17) is 9.47 Å². The second-order valence-electron chi connectivity index (χ2n) is 6.68. The number of carbonyl (C=O) groups excluding carboxylic acids is 2. The van der Waals surface area contributed by atoms with E-state index in [0.29, 0.717) is 29.5 Å². The van der Waals surface area contributed by atoms with E-state index >= 15 is 0 Å². The Morgan fingerprint density at radius 3 is 2.90 bits per heavy atom. The van der Waals surface area contributed by atoms with E-state index in [-0.39, 0.29) is 25.0 Å². The van der Waals surface area contributed by atoms with Crippen LogP contribution in [-0.4, -0.2) is 36.6 Å². The van der Waals surface area contributed by atoms with Crippen molar-refractivity contribution in [1.29, 1.82) is 0 Å². The molecule has 1 aliphatic heterocycles. The number of rotatable bonds is 6. The van der Waals surface area contributed by atoms with Crippen LogP contribution in [0.15, 0.2) is 47.8 Å². The number of aryl methyl sites for hydroxylation is 1. The first-order chi connectivity index (χ1) is 14.5. The third-order valence-corrected chi connectivity index (χ3v) is 5.35. The van der Waals surface area contributed by atoms with Crippen molar-refractivity contribution < 1.29 is 19.1 Å². The number of hydrogen-bond acceptors (Lipinski definition) is 6. The minimum atomic E-state index is -0.321. The summed E-state index contributed by atoms with van der Waals surface area (Å²) in [6.45, 7) is 4.07. The molecule has 4 rings (SSSR count). The van der Waals surface area contributed by atoms with Gasteiger partial charge in [0.1, 0.15) is 18.0 Å². The minimum Gasteiger partial charge on any atom is -0.492 e. The molecule has 0 saturated carbocycles. The molecule has 1 N–H and O–H groups in total. The summed E-state index contributed by atoms with van der Waals surface area (Å²) in [6, 6.07) is 12.7. The van der Waals surface area contributed by atoms with Gasteiger partial charge in [-0.05, 0) is 44.2 Å². The van der Waals surface area contributed by atoms with E-state index < -0.39 is 0 Å². The first-order valence-electron chi connectivity index (χ1n) is 9.56. The molecule has 0 spiro atoms.